The van der Waals surface area contributed by atoms with Crippen LogP contribution in [0, 0.1) is 5.92 Å². The van der Waals surface area contributed by atoms with E-state index >= 15 is 0 Å². The highest BCUT2D eigenvalue weighted by Gasteiger charge is 2.28. The van der Waals surface area contributed by atoms with Gasteiger partial charge in [0.05, 0.1) is 6.10 Å². The van der Waals surface area contributed by atoms with Gasteiger partial charge in [-0.1, -0.05) is 19.3 Å². The van der Waals surface area contributed by atoms with Gasteiger partial charge in [0.1, 0.15) is 5.60 Å². The zero-order valence-corrected chi connectivity index (χ0v) is 15.0. The number of carbonyl (C=O) groups excluding carboxylic acids is 1. The predicted octanol–water partition coefficient (Wildman–Crippen LogP) is 2.92. The molecule has 5 heteroatoms. The standard InChI is InChI=1S/C18H34N2O3/c1-18(2,3)23-17(22)20-11-9-14(10-12-20)13-19-15-7-5-4-6-8-16(15)21/h14-16,19,21H,4-13H2,1-3H3. The number of nitrogens with zero attached hydrogens (tertiary/aromatic N) is 1. The van der Waals surface area contributed by atoms with Gasteiger partial charge in [0.2, 0.25) is 0 Å². The molecule has 1 amide bonds. The molecular weight excluding hydrogens is 292 g/mol. The molecule has 1 saturated carbocycles. The molecule has 1 heterocycles. The van der Waals surface area contributed by atoms with Crippen molar-refractivity contribution in [3.63, 3.8) is 0 Å². The fourth-order valence-corrected chi connectivity index (χ4v) is 3.49. The van der Waals surface area contributed by atoms with E-state index in [4.69, 9.17) is 4.74 Å². The Labute approximate surface area is 140 Å². The Morgan fingerprint density at radius 1 is 1.13 bits per heavy atom. The van der Waals surface area contributed by atoms with Gasteiger partial charge in [0, 0.05) is 19.1 Å². The summed E-state index contributed by atoms with van der Waals surface area (Å²) >= 11 is 0. The summed E-state index contributed by atoms with van der Waals surface area (Å²) in [5.41, 5.74) is -0.425. The number of aliphatic hydroxyl groups excluding tert-OH is 1. The van der Waals surface area contributed by atoms with Crippen LogP contribution in [0.4, 0.5) is 4.79 Å². The zero-order chi connectivity index (χ0) is 16.9. The molecule has 1 aliphatic heterocycles. The van der Waals surface area contributed by atoms with Crippen LogP contribution in [-0.2, 0) is 4.74 Å². The number of hydrogen-bond acceptors (Lipinski definition) is 4. The largest absolute Gasteiger partial charge is 0.444 e. The number of piperidine rings is 1. The summed E-state index contributed by atoms with van der Waals surface area (Å²) in [6.07, 6.45) is 7.24. The van der Waals surface area contributed by atoms with Gasteiger partial charge < -0.3 is 20.1 Å². The summed E-state index contributed by atoms with van der Waals surface area (Å²) in [7, 11) is 0. The zero-order valence-electron chi connectivity index (χ0n) is 15.0. The van der Waals surface area contributed by atoms with E-state index < -0.39 is 5.60 Å². The van der Waals surface area contributed by atoms with Crippen LogP contribution in [0.1, 0.15) is 65.7 Å². The number of nitrogens with one attached hydrogen (secondary N) is 1. The van der Waals surface area contributed by atoms with E-state index in [1.165, 1.54) is 12.8 Å². The lowest BCUT2D eigenvalue weighted by Gasteiger charge is -2.34. The second-order valence-electron chi connectivity index (χ2n) is 8.13. The van der Waals surface area contributed by atoms with E-state index in [-0.39, 0.29) is 18.2 Å². The van der Waals surface area contributed by atoms with Crippen LogP contribution in [0.15, 0.2) is 0 Å². The maximum atomic E-state index is 12.1. The van der Waals surface area contributed by atoms with Crippen molar-refractivity contribution in [3.05, 3.63) is 0 Å². The fraction of sp³-hybridized carbons (Fsp3) is 0.944. The van der Waals surface area contributed by atoms with E-state index in [0.29, 0.717) is 5.92 Å². The average Bonchev–Trinajstić information content (AvgIpc) is 2.68. The fourth-order valence-electron chi connectivity index (χ4n) is 3.49. The van der Waals surface area contributed by atoms with Gasteiger partial charge in [-0.2, -0.15) is 0 Å². The monoisotopic (exact) mass is 326 g/mol. The minimum absolute atomic E-state index is 0.192. The summed E-state index contributed by atoms with van der Waals surface area (Å²) in [6, 6.07) is 0.251. The molecule has 0 aromatic heterocycles. The molecule has 2 aliphatic rings. The Morgan fingerprint density at radius 3 is 2.43 bits per heavy atom. The van der Waals surface area contributed by atoms with Crippen LogP contribution < -0.4 is 5.32 Å². The first-order chi connectivity index (χ1) is 10.8. The van der Waals surface area contributed by atoms with E-state index in [1.807, 2.05) is 25.7 Å². The lowest BCUT2D eigenvalue weighted by atomic mass is 9.96. The van der Waals surface area contributed by atoms with Crippen molar-refractivity contribution in [2.45, 2.75) is 83.5 Å². The van der Waals surface area contributed by atoms with Crippen LogP contribution in [0.3, 0.4) is 0 Å². The molecule has 0 radical (unpaired) electrons. The second kappa shape index (κ2) is 8.34. The van der Waals surface area contributed by atoms with Crippen molar-refractivity contribution < 1.29 is 14.6 Å². The number of amides is 1. The Balaban J connectivity index is 1.69. The molecule has 0 bridgehead atoms. The van der Waals surface area contributed by atoms with E-state index in [9.17, 15) is 9.90 Å². The maximum Gasteiger partial charge on any atom is 0.410 e. The summed E-state index contributed by atoms with van der Waals surface area (Å²) in [5.74, 6) is 0.587. The summed E-state index contributed by atoms with van der Waals surface area (Å²) < 4.78 is 5.43. The molecule has 1 saturated heterocycles. The highest BCUT2D eigenvalue weighted by molar-refractivity contribution is 5.68. The highest BCUT2D eigenvalue weighted by atomic mass is 16.6. The molecule has 0 aromatic rings. The molecule has 134 valence electrons. The number of likely N-dealkylation sites (tertiary alicyclic amines) is 1. The molecule has 2 rings (SSSR count). The van der Waals surface area contributed by atoms with Gasteiger partial charge in [-0.25, -0.2) is 4.79 Å². The molecule has 0 aromatic carbocycles. The molecule has 2 unspecified atom stereocenters. The van der Waals surface area contributed by atoms with E-state index in [2.05, 4.69) is 5.32 Å². The average molecular weight is 326 g/mol. The summed E-state index contributed by atoms with van der Waals surface area (Å²) in [5, 5.41) is 13.7. The normalized spacial score (nSPS) is 27.6. The lowest BCUT2D eigenvalue weighted by molar-refractivity contribution is 0.0181. The van der Waals surface area contributed by atoms with Crippen molar-refractivity contribution in [2.24, 2.45) is 5.92 Å². The SMILES string of the molecule is CC(C)(C)OC(=O)N1CCC(CNC2CCCCCC2O)CC1. The first-order valence-electron chi connectivity index (χ1n) is 9.24. The van der Waals surface area contributed by atoms with Gasteiger partial charge in [-0.05, 0) is 58.9 Å². The molecule has 2 atom stereocenters. The van der Waals surface area contributed by atoms with Crippen molar-refractivity contribution in [1.82, 2.24) is 10.2 Å². The summed E-state index contributed by atoms with van der Waals surface area (Å²) in [4.78, 5) is 13.9. The predicted molar refractivity (Wildman–Crippen MR) is 91.4 cm³/mol. The topological polar surface area (TPSA) is 61.8 Å². The Hall–Kier alpha value is -0.810. The Kier molecular flexibility index (Phi) is 6.72. The molecular formula is C18H34N2O3. The molecule has 2 fully saturated rings. The molecule has 1 aliphatic carbocycles. The molecule has 23 heavy (non-hydrogen) atoms. The van der Waals surface area contributed by atoms with Crippen molar-refractivity contribution >= 4 is 6.09 Å². The molecule has 0 spiro atoms. The smallest absolute Gasteiger partial charge is 0.410 e. The maximum absolute atomic E-state index is 12.1. The van der Waals surface area contributed by atoms with Crippen LogP contribution in [-0.4, -0.2) is 53.5 Å². The summed E-state index contributed by atoms with van der Waals surface area (Å²) in [6.45, 7) is 8.20. The number of carbonyl (C=O) groups is 1. The van der Waals surface area contributed by atoms with Gasteiger partial charge >= 0.3 is 6.09 Å². The molecule has 2 N–H and O–H groups in total. The third kappa shape index (κ3) is 6.30. The number of rotatable bonds is 3. The van der Waals surface area contributed by atoms with E-state index in [1.54, 1.807) is 0 Å². The van der Waals surface area contributed by atoms with Crippen LogP contribution in [0.5, 0.6) is 0 Å². The lowest BCUT2D eigenvalue weighted by Crippen LogP contribution is -2.46. The first kappa shape index (κ1) is 18.5. The first-order valence-corrected chi connectivity index (χ1v) is 9.24. The van der Waals surface area contributed by atoms with Crippen molar-refractivity contribution in [3.8, 4) is 0 Å². The van der Waals surface area contributed by atoms with Crippen molar-refractivity contribution in [1.29, 1.82) is 0 Å². The van der Waals surface area contributed by atoms with Crippen LogP contribution in [0.2, 0.25) is 0 Å². The van der Waals surface area contributed by atoms with Gasteiger partial charge in [-0.3, -0.25) is 0 Å². The molecule has 5 nitrogen and oxygen atoms in total. The Bertz CT molecular complexity index is 373. The number of ether oxygens (including phenoxy) is 1. The quantitative estimate of drug-likeness (QED) is 0.783. The third-order valence-corrected chi connectivity index (χ3v) is 4.91. The van der Waals surface area contributed by atoms with Crippen molar-refractivity contribution in [2.75, 3.05) is 19.6 Å². The minimum Gasteiger partial charge on any atom is -0.444 e. The van der Waals surface area contributed by atoms with E-state index in [0.717, 1.165) is 51.7 Å². The van der Waals surface area contributed by atoms with Gasteiger partial charge in [-0.15, -0.1) is 0 Å². The minimum atomic E-state index is -0.425. The third-order valence-electron chi connectivity index (χ3n) is 4.91. The number of hydrogen-bond donors (Lipinski definition) is 2. The van der Waals surface area contributed by atoms with Crippen LogP contribution in [0.25, 0.3) is 0 Å². The number of aliphatic hydroxyl groups is 1. The van der Waals surface area contributed by atoms with Gasteiger partial charge in [0.25, 0.3) is 0 Å². The van der Waals surface area contributed by atoms with Gasteiger partial charge in [0.15, 0.2) is 0 Å². The second-order valence-corrected chi connectivity index (χ2v) is 8.13. The Morgan fingerprint density at radius 2 is 1.78 bits per heavy atom. The highest BCUT2D eigenvalue weighted by Crippen LogP contribution is 2.21. The van der Waals surface area contributed by atoms with Crippen LogP contribution >= 0.6 is 0 Å².